The average Bonchev–Trinajstić information content (AvgIpc) is 2.76. The van der Waals surface area contributed by atoms with E-state index in [1.54, 1.807) is 20.4 Å². The second-order valence-corrected chi connectivity index (χ2v) is 6.49. The number of nitrogens with one attached hydrogen (secondary N) is 2. The standard InChI is InChI=1S/C23H25N3O3/c1-28-20-10-7-17(8-11-20)15-23(27)26-19-9-12-22(25-16-19)24-14-13-18-5-3-4-6-21(18)29-2/h3-12,16H,13-15H2,1-2H3,(H,24,25)(H,26,27). The number of methoxy groups -OCH3 is 2. The van der Waals surface area contributed by atoms with Gasteiger partial charge in [0.25, 0.3) is 0 Å². The highest BCUT2D eigenvalue weighted by Crippen LogP contribution is 2.18. The number of ether oxygens (including phenoxy) is 2. The van der Waals surface area contributed by atoms with Gasteiger partial charge in [-0.25, -0.2) is 4.98 Å². The molecule has 0 fully saturated rings. The molecular formula is C23H25N3O3. The van der Waals surface area contributed by atoms with Gasteiger partial charge in [-0.05, 0) is 47.9 Å². The van der Waals surface area contributed by atoms with Crippen LogP contribution in [0.25, 0.3) is 0 Å². The molecule has 2 aromatic carbocycles. The molecule has 0 aliphatic heterocycles. The van der Waals surface area contributed by atoms with Gasteiger partial charge in [0.1, 0.15) is 17.3 Å². The molecule has 150 valence electrons. The second-order valence-electron chi connectivity index (χ2n) is 6.49. The van der Waals surface area contributed by atoms with E-state index in [-0.39, 0.29) is 5.91 Å². The predicted molar refractivity (Wildman–Crippen MR) is 115 cm³/mol. The molecule has 0 bridgehead atoms. The van der Waals surface area contributed by atoms with Crippen LogP contribution in [0.4, 0.5) is 11.5 Å². The summed E-state index contributed by atoms with van der Waals surface area (Å²) in [6.07, 6.45) is 2.77. The first-order valence-corrected chi connectivity index (χ1v) is 9.42. The van der Waals surface area contributed by atoms with Crippen LogP contribution in [0.3, 0.4) is 0 Å². The molecule has 0 radical (unpaired) electrons. The summed E-state index contributed by atoms with van der Waals surface area (Å²) in [6.45, 7) is 0.733. The van der Waals surface area contributed by atoms with Crippen LogP contribution in [0.15, 0.2) is 66.9 Å². The normalized spacial score (nSPS) is 10.3. The lowest BCUT2D eigenvalue weighted by molar-refractivity contribution is -0.115. The number of para-hydroxylation sites is 1. The van der Waals surface area contributed by atoms with E-state index >= 15 is 0 Å². The molecule has 3 rings (SSSR count). The lowest BCUT2D eigenvalue weighted by Crippen LogP contribution is -2.14. The monoisotopic (exact) mass is 391 g/mol. The van der Waals surface area contributed by atoms with Gasteiger partial charge >= 0.3 is 0 Å². The van der Waals surface area contributed by atoms with Crippen LogP contribution in [0, 0.1) is 0 Å². The van der Waals surface area contributed by atoms with E-state index in [1.807, 2.05) is 54.6 Å². The van der Waals surface area contributed by atoms with Crippen molar-refractivity contribution >= 4 is 17.4 Å². The number of nitrogens with zero attached hydrogens (tertiary/aromatic N) is 1. The Morgan fingerprint density at radius 2 is 1.76 bits per heavy atom. The van der Waals surface area contributed by atoms with Crippen molar-refractivity contribution in [3.8, 4) is 11.5 Å². The molecule has 2 N–H and O–H groups in total. The summed E-state index contributed by atoms with van der Waals surface area (Å²) in [7, 11) is 3.29. The quantitative estimate of drug-likeness (QED) is 0.578. The number of carbonyl (C=O) groups excluding carboxylic acids is 1. The lowest BCUT2D eigenvalue weighted by Gasteiger charge is -2.10. The molecular weight excluding hydrogens is 366 g/mol. The summed E-state index contributed by atoms with van der Waals surface area (Å²) in [4.78, 5) is 16.6. The maximum Gasteiger partial charge on any atom is 0.228 e. The van der Waals surface area contributed by atoms with Crippen molar-refractivity contribution in [1.29, 1.82) is 0 Å². The van der Waals surface area contributed by atoms with E-state index in [2.05, 4.69) is 21.7 Å². The molecule has 1 aromatic heterocycles. The highest BCUT2D eigenvalue weighted by Gasteiger charge is 2.06. The number of rotatable bonds is 9. The molecule has 0 saturated carbocycles. The number of hydrogen-bond acceptors (Lipinski definition) is 5. The molecule has 0 saturated heterocycles. The molecule has 6 nitrogen and oxygen atoms in total. The first kappa shape index (κ1) is 20.2. The summed E-state index contributed by atoms with van der Waals surface area (Å²) in [6, 6.07) is 19.1. The Kier molecular flexibility index (Phi) is 7.05. The zero-order valence-corrected chi connectivity index (χ0v) is 16.6. The zero-order chi connectivity index (χ0) is 20.5. The molecule has 0 spiro atoms. The van der Waals surface area contributed by atoms with Crippen LogP contribution in [0.2, 0.25) is 0 Å². The van der Waals surface area contributed by atoms with Gasteiger partial charge in [0.2, 0.25) is 5.91 Å². The smallest absolute Gasteiger partial charge is 0.228 e. The van der Waals surface area contributed by atoms with Gasteiger partial charge in [0.05, 0.1) is 32.5 Å². The molecule has 0 atom stereocenters. The van der Waals surface area contributed by atoms with Crippen LogP contribution < -0.4 is 20.1 Å². The fourth-order valence-corrected chi connectivity index (χ4v) is 2.94. The van der Waals surface area contributed by atoms with Crippen LogP contribution >= 0.6 is 0 Å². The number of carbonyl (C=O) groups is 1. The summed E-state index contributed by atoms with van der Waals surface area (Å²) in [5.74, 6) is 2.33. The molecule has 0 aliphatic rings. The Morgan fingerprint density at radius 1 is 0.966 bits per heavy atom. The number of amides is 1. The molecule has 0 unspecified atom stereocenters. The van der Waals surface area contributed by atoms with Gasteiger partial charge in [0.15, 0.2) is 0 Å². The first-order valence-electron chi connectivity index (χ1n) is 9.42. The second kappa shape index (κ2) is 10.1. The molecule has 3 aromatic rings. The van der Waals surface area contributed by atoms with E-state index < -0.39 is 0 Å². The van der Waals surface area contributed by atoms with Crippen LogP contribution in [0.1, 0.15) is 11.1 Å². The first-order chi connectivity index (χ1) is 14.2. The van der Waals surface area contributed by atoms with E-state index in [1.165, 1.54) is 0 Å². The zero-order valence-electron chi connectivity index (χ0n) is 16.6. The van der Waals surface area contributed by atoms with E-state index in [4.69, 9.17) is 9.47 Å². The van der Waals surface area contributed by atoms with E-state index in [0.29, 0.717) is 12.1 Å². The fourth-order valence-electron chi connectivity index (χ4n) is 2.94. The van der Waals surface area contributed by atoms with Crippen molar-refractivity contribution in [3.63, 3.8) is 0 Å². The van der Waals surface area contributed by atoms with Gasteiger partial charge in [-0.2, -0.15) is 0 Å². The van der Waals surface area contributed by atoms with Crippen molar-refractivity contribution in [2.24, 2.45) is 0 Å². The topological polar surface area (TPSA) is 72.5 Å². The molecule has 1 heterocycles. The van der Waals surface area contributed by atoms with Crippen molar-refractivity contribution < 1.29 is 14.3 Å². The maximum absolute atomic E-state index is 12.2. The molecule has 0 aliphatic carbocycles. The van der Waals surface area contributed by atoms with Crippen molar-refractivity contribution in [3.05, 3.63) is 78.0 Å². The fraction of sp³-hybridized carbons (Fsp3) is 0.217. The average molecular weight is 391 g/mol. The SMILES string of the molecule is COc1ccc(CC(=O)Nc2ccc(NCCc3ccccc3OC)nc2)cc1. The third-order valence-electron chi connectivity index (χ3n) is 4.46. The largest absolute Gasteiger partial charge is 0.497 e. The van der Waals surface area contributed by atoms with Gasteiger partial charge < -0.3 is 20.1 Å². The number of pyridine rings is 1. The number of aromatic nitrogens is 1. The van der Waals surface area contributed by atoms with E-state index in [9.17, 15) is 4.79 Å². The summed E-state index contributed by atoms with van der Waals surface area (Å²) in [5, 5.41) is 6.15. The number of hydrogen-bond donors (Lipinski definition) is 2. The van der Waals surface area contributed by atoms with E-state index in [0.717, 1.165) is 41.4 Å². The van der Waals surface area contributed by atoms with Crippen molar-refractivity contribution in [1.82, 2.24) is 4.98 Å². The Hall–Kier alpha value is -3.54. The van der Waals surface area contributed by atoms with Gasteiger partial charge in [-0.1, -0.05) is 30.3 Å². The van der Waals surface area contributed by atoms with Gasteiger partial charge in [0, 0.05) is 6.54 Å². The number of anilines is 2. The van der Waals surface area contributed by atoms with Crippen LogP contribution in [0.5, 0.6) is 11.5 Å². The molecule has 1 amide bonds. The Labute approximate surface area is 170 Å². The minimum atomic E-state index is -0.0890. The van der Waals surface area contributed by atoms with Gasteiger partial charge in [-0.15, -0.1) is 0 Å². The minimum Gasteiger partial charge on any atom is -0.497 e. The summed E-state index contributed by atoms with van der Waals surface area (Å²) >= 11 is 0. The van der Waals surface area contributed by atoms with Crippen LogP contribution in [-0.4, -0.2) is 31.7 Å². The maximum atomic E-state index is 12.2. The van der Waals surface area contributed by atoms with Gasteiger partial charge in [-0.3, -0.25) is 4.79 Å². The predicted octanol–water partition coefficient (Wildman–Crippen LogP) is 3.93. The Balaban J connectivity index is 1.47. The Bertz CT molecular complexity index is 925. The Morgan fingerprint density at radius 3 is 2.45 bits per heavy atom. The van der Waals surface area contributed by atoms with Crippen LogP contribution in [-0.2, 0) is 17.6 Å². The molecule has 6 heteroatoms. The molecule has 29 heavy (non-hydrogen) atoms. The highest BCUT2D eigenvalue weighted by molar-refractivity contribution is 5.92. The van der Waals surface area contributed by atoms with Crippen molar-refractivity contribution in [2.45, 2.75) is 12.8 Å². The lowest BCUT2D eigenvalue weighted by atomic mass is 10.1. The summed E-state index contributed by atoms with van der Waals surface area (Å²) in [5.41, 5.74) is 2.73. The third kappa shape index (κ3) is 5.97. The minimum absolute atomic E-state index is 0.0890. The van der Waals surface area contributed by atoms with Crippen molar-refractivity contribution in [2.75, 3.05) is 31.4 Å². The number of benzene rings is 2. The summed E-state index contributed by atoms with van der Waals surface area (Å²) < 4.78 is 10.5. The third-order valence-corrected chi connectivity index (χ3v) is 4.46. The highest BCUT2D eigenvalue weighted by atomic mass is 16.5.